The third-order valence-corrected chi connectivity index (χ3v) is 7.70. The van der Waals surface area contributed by atoms with Gasteiger partial charge < -0.3 is 20.7 Å². The number of rotatable bonds is 5. The molecular weight excluding hydrogens is 488 g/mol. The van der Waals surface area contributed by atoms with Gasteiger partial charge in [-0.1, -0.05) is 35.9 Å². The molecule has 7 nitrogen and oxygen atoms in total. The van der Waals surface area contributed by atoms with E-state index < -0.39 is 5.91 Å². The summed E-state index contributed by atoms with van der Waals surface area (Å²) in [6, 6.07) is 19.8. The van der Waals surface area contributed by atoms with Gasteiger partial charge >= 0.3 is 0 Å². The molecule has 0 atom stereocenters. The number of hydrogen-bond acceptors (Lipinski definition) is 5. The second-order valence-corrected chi connectivity index (χ2v) is 10.2. The van der Waals surface area contributed by atoms with Crippen molar-refractivity contribution in [3.05, 3.63) is 100 Å². The molecule has 1 aliphatic heterocycles. The standard InChI is InChI=1S/C32H30N4O3/c1-19-6-8-21(9-7-19)32(38)35-28-5-3-4-24(20(28)2)27-18-34-30(31(33)37)26-17-22-16-23(10-11-25(22)29(26)27)36-12-14-39-15-13-36/h3-11,16,18H,12-15,17H2,1-2H3,(H2,33,37)(H,35,38). The fraction of sp³-hybridized carbons (Fsp3) is 0.219. The number of morpholine rings is 1. The van der Waals surface area contributed by atoms with E-state index in [1.807, 2.05) is 56.3 Å². The van der Waals surface area contributed by atoms with E-state index in [2.05, 4.69) is 33.4 Å². The van der Waals surface area contributed by atoms with Crippen molar-refractivity contribution in [2.75, 3.05) is 36.5 Å². The van der Waals surface area contributed by atoms with Crippen molar-refractivity contribution >= 4 is 23.2 Å². The van der Waals surface area contributed by atoms with E-state index in [1.54, 1.807) is 6.20 Å². The largest absolute Gasteiger partial charge is 0.378 e. The SMILES string of the molecule is Cc1ccc(C(=O)Nc2cccc(-c3cnc(C(N)=O)c4c3-c3ccc(N5CCOCC5)cc3C4)c2C)cc1. The van der Waals surface area contributed by atoms with Gasteiger partial charge in [0, 0.05) is 48.2 Å². The van der Waals surface area contributed by atoms with Crippen molar-refractivity contribution in [1.82, 2.24) is 4.98 Å². The summed E-state index contributed by atoms with van der Waals surface area (Å²) in [5, 5.41) is 3.07. The number of pyridine rings is 1. The van der Waals surface area contributed by atoms with Crippen molar-refractivity contribution in [1.29, 1.82) is 0 Å². The molecule has 0 bridgehead atoms. The molecule has 1 saturated heterocycles. The first kappa shape index (κ1) is 24.8. The zero-order valence-corrected chi connectivity index (χ0v) is 22.1. The molecule has 196 valence electrons. The molecule has 0 spiro atoms. The van der Waals surface area contributed by atoms with Gasteiger partial charge in [0.15, 0.2) is 0 Å². The maximum absolute atomic E-state index is 13.0. The first-order valence-corrected chi connectivity index (χ1v) is 13.2. The summed E-state index contributed by atoms with van der Waals surface area (Å²) in [5.41, 5.74) is 16.5. The Balaban J connectivity index is 1.41. The number of fused-ring (bicyclic) bond motifs is 3. The molecule has 1 fully saturated rings. The highest BCUT2D eigenvalue weighted by Crippen LogP contribution is 2.46. The van der Waals surface area contributed by atoms with E-state index in [0.717, 1.165) is 69.0 Å². The van der Waals surface area contributed by atoms with Gasteiger partial charge in [-0.05, 0) is 77.6 Å². The lowest BCUT2D eigenvalue weighted by Gasteiger charge is -2.29. The van der Waals surface area contributed by atoms with Crippen LogP contribution in [-0.4, -0.2) is 43.1 Å². The normalized spacial score (nSPS) is 14.1. The van der Waals surface area contributed by atoms with Crippen LogP contribution in [0.5, 0.6) is 0 Å². The number of anilines is 2. The second kappa shape index (κ2) is 10.0. The molecule has 3 aromatic carbocycles. The van der Waals surface area contributed by atoms with Crippen LogP contribution in [-0.2, 0) is 11.2 Å². The number of benzene rings is 3. The Labute approximate surface area is 227 Å². The van der Waals surface area contributed by atoms with Crippen LogP contribution in [0.25, 0.3) is 22.3 Å². The smallest absolute Gasteiger partial charge is 0.267 e. The number of nitrogens with one attached hydrogen (secondary N) is 1. The average molecular weight is 519 g/mol. The molecule has 39 heavy (non-hydrogen) atoms. The molecule has 7 heteroatoms. The van der Waals surface area contributed by atoms with E-state index in [0.29, 0.717) is 30.9 Å². The highest BCUT2D eigenvalue weighted by molar-refractivity contribution is 6.06. The number of carbonyl (C=O) groups is 2. The summed E-state index contributed by atoms with van der Waals surface area (Å²) in [6.45, 7) is 7.12. The second-order valence-electron chi connectivity index (χ2n) is 10.2. The molecule has 4 aromatic rings. The fourth-order valence-electron chi connectivity index (χ4n) is 5.59. The summed E-state index contributed by atoms with van der Waals surface area (Å²) in [6.07, 6.45) is 2.32. The minimum atomic E-state index is -0.533. The average Bonchev–Trinajstić information content (AvgIpc) is 3.33. The summed E-state index contributed by atoms with van der Waals surface area (Å²) in [4.78, 5) is 32.2. The summed E-state index contributed by atoms with van der Waals surface area (Å²) < 4.78 is 5.52. The van der Waals surface area contributed by atoms with Crippen LogP contribution in [0.15, 0.2) is 66.9 Å². The van der Waals surface area contributed by atoms with Gasteiger partial charge in [-0.3, -0.25) is 14.6 Å². The van der Waals surface area contributed by atoms with Gasteiger partial charge in [-0.25, -0.2) is 0 Å². The lowest BCUT2D eigenvalue weighted by Crippen LogP contribution is -2.36. The molecule has 0 radical (unpaired) electrons. The summed E-state index contributed by atoms with van der Waals surface area (Å²) in [5.74, 6) is -0.696. The van der Waals surface area contributed by atoms with Gasteiger partial charge in [0.2, 0.25) is 0 Å². The minimum Gasteiger partial charge on any atom is -0.378 e. The molecule has 0 saturated carbocycles. The maximum atomic E-state index is 13.0. The Bertz CT molecular complexity index is 1600. The Kier molecular flexibility index (Phi) is 6.37. The van der Waals surface area contributed by atoms with Crippen molar-refractivity contribution in [3.63, 3.8) is 0 Å². The first-order valence-electron chi connectivity index (χ1n) is 13.2. The number of aryl methyl sites for hydroxylation is 1. The third kappa shape index (κ3) is 4.55. The molecule has 3 N–H and O–H groups in total. The monoisotopic (exact) mass is 518 g/mol. The molecule has 2 heterocycles. The zero-order chi connectivity index (χ0) is 27.1. The topological polar surface area (TPSA) is 97.6 Å². The van der Waals surface area contributed by atoms with Crippen molar-refractivity contribution in [2.45, 2.75) is 20.3 Å². The molecule has 1 aliphatic carbocycles. The molecular formula is C32H30N4O3. The zero-order valence-electron chi connectivity index (χ0n) is 22.1. The maximum Gasteiger partial charge on any atom is 0.267 e. The van der Waals surface area contributed by atoms with Gasteiger partial charge in [-0.2, -0.15) is 0 Å². The van der Waals surface area contributed by atoms with E-state index in [9.17, 15) is 9.59 Å². The number of ether oxygens (including phenoxy) is 1. The van der Waals surface area contributed by atoms with Crippen LogP contribution < -0.4 is 16.0 Å². The number of primary amides is 1. The fourth-order valence-corrected chi connectivity index (χ4v) is 5.59. The van der Waals surface area contributed by atoms with Crippen LogP contribution >= 0.6 is 0 Å². The van der Waals surface area contributed by atoms with Crippen LogP contribution in [0.2, 0.25) is 0 Å². The lowest BCUT2D eigenvalue weighted by molar-refractivity contribution is 0.0992. The molecule has 2 aliphatic rings. The molecule has 6 rings (SSSR count). The third-order valence-electron chi connectivity index (χ3n) is 7.70. The van der Waals surface area contributed by atoms with Crippen LogP contribution in [0.1, 0.15) is 43.1 Å². The van der Waals surface area contributed by atoms with Crippen LogP contribution in [0.3, 0.4) is 0 Å². The number of aromatic nitrogens is 1. The molecule has 2 amide bonds. The summed E-state index contributed by atoms with van der Waals surface area (Å²) in [7, 11) is 0. The summed E-state index contributed by atoms with van der Waals surface area (Å²) >= 11 is 0. The quantitative estimate of drug-likeness (QED) is 0.336. The first-order chi connectivity index (χ1) is 18.9. The van der Waals surface area contributed by atoms with Crippen molar-refractivity contribution < 1.29 is 14.3 Å². The van der Waals surface area contributed by atoms with Crippen molar-refractivity contribution in [3.8, 4) is 22.3 Å². The van der Waals surface area contributed by atoms with E-state index >= 15 is 0 Å². The minimum absolute atomic E-state index is 0.163. The highest BCUT2D eigenvalue weighted by Gasteiger charge is 2.29. The molecule has 1 aromatic heterocycles. The Morgan fingerprint density at radius 2 is 1.72 bits per heavy atom. The lowest BCUT2D eigenvalue weighted by atomic mass is 9.91. The Morgan fingerprint density at radius 1 is 0.949 bits per heavy atom. The number of nitrogens with two attached hydrogens (primary N) is 1. The molecule has 0 unspecified atom stereocenters. The number of hydrogen-bond donors (Lipinski definition) is 2. The van der Waals surface area contributed by atoms with Crippen LogP contribution in [0, 0.1) is 13.8 Å². The highest BCUT2D eigenvalue weighted by atomic mass is 16.5. The number of carbonyl (C=O) groups excluding carboxylic acids is 2. The van der Waals surface area contributed by atoms with Gasteiger partial charge in [0.25, 0.3) is 11.8 Å². The van der Waals surface area contributed by atoms with Crippen LogP contribution in [0.4, 0.5) is 11.4 Å². The van der Waals surface area contributed by atoms with E-state index in [1.165, 1.54) is 0 Å². The number of amides is 2. The predicted octanol–water partition coefficient (Wildman–Crippen LogP) is 5.12. The number of nitrogens with zero attached hydrogens (tertiary/aromatic N) is 2. The van der Waals surface area contributed by atoms with Gasteiger partial charge in [-0.15, -0.1) is 0 Å². The van der Waals surface area contributed by atoms with Gasteiger partial charge in [0.1, 0.15) is 5.69 Å². The van der Waals surface area contributed by atoms with Gasteiger partial charge in [0.05, 0.1) is 13.2 Å². The predicted molar refractivity (Wildman–Crippen MR) is 153 cm³/mol. The van der Waals surface area contributed by atoms with Crippen molar-refractivity contribution in [2.24, 2.45) is 5.73 Å². The van der Waals surface area contributed by atoms with E-state index in [-0.39, 0.29) is 5.91 Å². The Morgan fingerprint density at radius 3 is 2.46 bits per heavy atom. The van der Waals surface area contributed by atoms with E-state index in [4.69, 9.17) is 10.5 Å². The Hall–Kier alpha value is -4.49.